The van der Waals surface area contributed by atoms with Gasteiger partial charge in [-0.2, -0.15) is 0 Å². The number of anilines is 1. The van der Waals surface area contributed by atoms with E-state index in [4.69, 9.17) is 9.47 Å². The number of nitrogens with zero attached hydrogens (tertiary/aromatic N) is 2. The van der Waals surface area contributed by atoms with Gasteiger partial charge in [0.05, 0.1) is 31.5 Å². The molecule has 0 aromatic carbocycles. The second-order valence-electron chi connectivity index (χ2n) is 7.36. The lowest BCUT2D eigenvalue weighted by atomic mass is 9.97. The Hall–Kier alpha value is -3.05. The van der Waals surface area contributed by atoms with Gasteiger partial charge in [0, 0.05) is 4.88 Å². The summed E-state index contributed by atoms with van der Waals surface area (Å²) >= 11 is 2.46. The average molecular weight is 476 g/mol. The predicted octanol–water partition coefficient (Wildman–Crippen LogP) is 2.92. The van der Waals surface area contributed by atoms with Gasteiger partial charge < -0.3 is 14.8 Å². The number of carbonyl (C=O) groups is 3. The monoisotopic (exact) mass is 475 g/mol. The number of thiophene rings is 2. The van der Waals surface area contributed by atoms with Crippen molar-refractivity contribution in [3.8, 4) is 0 Å². The van der Waals surface area contributed by atoms with Gasteiger partial charge in [-0.1, -0.05) is 0 Å². The highest BCUT2D eigenvalue weighted by Crippen LogP contribution is 2.35. The van der Waals surface area contributed by atoms with Crippen LogP contribution in [0.1, 0.15) is 48.9 Å². The number of fused-ring (bicyclic) bond motifs is 3. The van der Waals surface area contributed by atoms with Crippen LogP contribution in [0.25, 0.3) is 10.2 Å². The van der Waals surface area contributed by atoms with Gasteiger partial charge in [0.1, 0.15) is 21.3 Å². The molecule has 0 atom stereocenters. The Balaban J connectivity index is 1.64. The van der Waals surface area contributed by atoms with Gasteiger partial charge in [-0.05, 0) is 43.7 Å². The molecule has 0 saturated carbocycles. The fourth-order valence-electron chi connectivity index (χ4n) is 3.85. The first-order valence-electron chi connectivity index (χ1n) is 9.95. The summed E-state index contributed by atoms with van der Waals surface area (Å²) in [5.41, 5.74) is 1.23. The molecule has 0 aliphatic heterocycles. The van der Waals surface area contributed by atoms with Crippen LogP contribution in [0.5, 0.6) is 0 Å². The van der Waals surface area contributed by atoms with E-state index in [0.29, 0.717) is 15.8 Å². The van der Waals surface area contributed by atoms with Crippen molar-refractivity contribution in [2.45, 2.75) is 39.2 Å². The van der Waals surface area contributed by atoms with Crippen LogP contribution in [0.2, 0.25) is 0 Å². The van der Waals surface area contributed by atoms with Gasteiger partial charge in [-0.15, -0.1) is 22.7 Å². The SMILES string of the molecule is COC(=O)c1sc(NC(=O)Cn2cnc3sc4c(c3c2=O)CCCC4)c(C(=O)OC)c1C. The summed E-state index contributed by atoms with van der Waals surface area (Å²) in [6.07, 6.45) is 5.30. The molecule has 32 heavy (non-hydrogen) atoms. The van der Waals surface area contributed by atoms with E-state index in [0.717, 1.165) is 42.6 Å². The van der Waals surface area contributed by atoms with Crippen LogP contribution in [0.15, 0.2) is 11.1 Å². The number of amides is 1. The Morgan fingerprint density at radius 3 is 2.56 bits per heavy atom. The van der Waals surface area contributed by atoms with E-state index >= 15 is 0 Å². The zero-order valence-corrected chi connectivity index (χ0v) is 19.4. The van der Waals surface area contributed by atoms with E-state index in [9.17, 15) is 19.2 Å². The van der Waals surface area contributed by atoms with Crippen LogP contribution in [-0.2, 0) is 33.7 Å². The van der Waals surface area contributed by atoms with Gasteiger partial charge in [0.15, 0.2) is 0 Å². The smallest absolute Gasteiger partial charge is 0.348 e. The molecule has 4 rings (SSSR count). The van der Waals surface area contributed by atoms with Gasteiger partial charge in [-0.3, -0.25) is 14.2 Å². The summed E-state index contributed by atoms with van der Waals surface area (Å²) in [4.78, 5) is 56.6. The van der Waals surface area contributed by atoms with Crippen molar-refractivity contribution < 1.29 is 23.9 Å². The molecule has 0 unspecified atom stereocenters. The van der Waals surface area contributed by atoms with Crippen molar-refractivity contribution in [2.24, 2.45) is 0 Å². The van der Waals surface area contributed by atoms with Gasteiger partial charge >= 0.3 is 11.9 Å². The van der Waals surface area contributed by atoms with Gasteiger partial charge in [-0.25, -0.2) is 14.6 Å². The molecule has 3 aromatic rings. The van der Waals surface area contributed by atoms with Crippen LogP contribution in [-0.4, -0.2) is 41.6 Å². The lowest BCUT2D eigenvalue weighted by Crippen LogP contribution is -2.28. The number of nitrogens with one attached hydrogen (secondary N) is 1. The van der Waals surface area contributed by atoms with Crippen LogP contribution in [0.4, 0.5) is 5.00 Å². The van der Waals surface area contributed by atoms with Crippen molar-refractivity contribution in [1.82, 2.24) is 9.55 Å². The summed E-state index contributed by atoms with van der Waals surface area (Å²) in [7, 11) is 2.45. The fourth-order valence-corrected chi connectivity index (χ4v) is 6.20. The minimum atomic E-state index is -0.686. The summed E-state index contributed by atoms with van der Waals surface area (Å²) in [6.45, 7) is 1.30. The van der Waals surface area contributed by atoms with Crippen molar-refractivity contribution in [3.05, 3.63) is 43.1 Å². The fraction of sp³-hybridized carbons (Fsp3) is 0.381. The highest BCUT2D eigenvalue weighted by Gasteiger charge is 2.27. The molecule has 3 aromatic heterocycles. The second kappa shape index (κ2) is 8.83. The Labute approximate surface area is 191 Å². The molecule has 0 saturated heterocycles. The second-order valence-corrected chi connectivity index (χ2v) is 9.46. The Bertz CT molecular complexity index is 1300. The Kier molecular flexibility index (Phi) is 6.11. The molecule has 0 radical (unpaired) electrons. The zero-order valence-electron chi connectivity index (χ0n) is 17.8. The van der Waals surface area contributed by atoms with E-state index in [1.165, 1.54) is 30.0 Å². The molecule has 1 N–H and O–H groups in total. The first-order chi connectivity index (χ1) is 15.3. The number of aryl methyl sites for hydroxylation is 2. The van der Waals surface area contributed by atoms with E-state index in [1.54, 1.807) is 18.3 Å². The number of ether oxygens (including phenoxy) is 2. The summed E-state index contributed by atoms with van der Waals surface area (Å²) in [6, 6.07) is 0. The average Bonchev–Trinajstić information content (AvgIpc) is 3.32. The largest absolute Gasteiger partial charge is 0.465 e. The lowest BCUT2D eigenvalue weighted by Gasteiger charge is -2.10. The number of rotatable bonds is 5. The topological polar surface area (TPSA) is 117 Å². The highest BCUT2D eigenvalue weighted by atomic mass is 32.1. The maximum atomic E-state index is 13.1. The molecule has 0 fully saturated rings. The third kappa shape index (κ3) is 3.82. The summed E-state index contributed by atoms with van der Waals surface area (Å²) in [5.74, 6) is -1.83. The van der Waals surface area contributed by atoms with Crippen molar-refractivity contribution in [2.75, 3.05) is 19.5 Å². The molecule has 9 nitrogen and oxygen atoms in total. The minimum absolute atomic E-state index is 0.0825. The van der Waals surface area contributed by atoms with Crippen LogP contribution in [0.3, 0.4) is 0 Å². The van der Waals surface area contributed by atoms with Crippen molar-refractivity contribution >= 4 is 55.7 Å². The lowest BCUT2D eigenvalue weighted by molar-refractivity contribution is -0.116. The molecule has 168 valence electrons. The Morgan fingerprint density at radius 2 is 1.84 bits per heavy atom. The van der Waals surface area contributed by atoms with E-state index in [-0.39, 0.29) is 27.5 Å². The normalized spacial score (nSPS) is 13.0. The maximum Gasteiger partial charge on any atom is 0.348 e. The van der Waals surface area contributed by atoms with Gasteiger partial charge in [0.2, 0.25) is 5.91 Å². The molecule has 3 heterocycles. The number of methoxy groups -OCH3 is 2. The van der Waals surface area contributed by atoms with Crippen molar-refractivity contribution in [1.29, 1.82) is 0 Å². The molecular weight excluding hydrogens is 454 g/mol. The number of aromatic nitrogens is 2. The molecule has 1 amide bonds. The molecule has 1 aliphatic carbocycles. The van der Waals surface area contributed by atoms with E-state index < -0.39 is 17.8 Å². The van der Waals surface area contributed by atoms with Crippen LogP contribution < -0.4 is 10.9 Å². The molecule has 1 aliphatic rings. The standard InChI is InChI=1S/C21H21N3O6S2/c1-10-14(20(27)29-2)18(32-16(10)21(28)30-3)23-13(25)8-24-9-22-17-15(19(24)26)11-6-4-5-7-12(11)31-17/h9H,4-8H2,1-3H3,(H,23,25). The van der Waals surface area contributed by atoms with Gasteiger partial charge in [0.25, 0.3) is 5.56 Å². The van der Waals surface area contributed by atoms with Crippen LogP contribution >= 0.6 is 22.7 Å². The molecule has 0 bridgehead atoms. The third-order valence-corrected chi connectivity index (χ3v) is 7.80. The first kappa shape index (κ1) is 22.2. The summed E-state index contributed by atoms with van der Waals surface area (Å²) < 4.78 is 10.8. The number of carbonyl (C=O) groups excluding carboxylic acids is 3. The minimum Gasteiger partial charge on any atom is -0.465 e. The number of hydrogen-bond donors (Lipinski definition) is 1. The quantitative estimate of drug-likeness (QED) is 0.564. The van der Waals surface area contributed by atoms with Crippen LogP contribution in [0, 0.1) is 6.92 Å². The maximum absolute atomic E-state index is 13.1. The highest BCUT2D eigenvalue weighted by molar-refractivity contribution is 7.19. The van der Waals surface area contributed by atoms with Crippen molar-refractivity contribution in [3.63, 3.8) is 0 Å². The summed E-state index contributed by atoms with van der Waals surface area (Å²) in [5, 5.41) is 3.39. The predicted molar refractivity (Wildman–Crippen MR) is 121 cm³/mol. The first-order valence-corrected chi connectivity index (χ1v) is 11.6. The Morgan fingerprint density at radius 1 is 1.12 bits per heavy atom. The third-order valence-electron chi connectivity index (χ3n) is 5.42. The molecule has 0 spiro atoms. The number of hydrogen-bond acceptors (Lipinski definition) is 9. The number of esters is 2. The van der Waals surface area contributed by atoms with E-state index in [1.807, 2.05) is 0 Å². The molecule has 11 heteroatoms. The van der Waals surface area contributed by atoms with E-state index in [2.05, 4.69) is 10.3 Å². The molecular formula is C21H21N3O6S2. The zero-order chi connectivity index (χ0) is 23.0.